The Morgan fingerprint density at radius 3 is 3.00 bits per heavy atom. The summed E-state index contributed by atoms with van der Waals surface area (Å²) in [5.74, 6) is -0.951. The number of rotatable bonds is 4. The lowest BCUT2D eigenvalue weighted by molar-refractivity contribution is -0.147. The van der Waals surface area contributed by atoms with Crippen LogP contribution in [0.2, 0.25) is 0 Å². The first-order valence-corrected chi connectivity index (χ1v) is 7.61. The van der Waals surface area contributed by atoms with Crippen LogP contribution in [0.3, 0.4) is 0 Å². The quantitative estimate of drug-likeness (QED) is 0.933. The first-order valence-electron chi connectivity index (χ1n) is 7.61. The van der Waals surface area contributed by atoms with Crippen LogP contribution in [0, 0.1) is 6.92 Å². The molecule has 0 aliphatic carbocycles. The van der Waals surface area contributed by atoms with Gasteiger partial charge in [0.05, 0.1) is 31.8 Å². The minimum Gasteiger partial charge on any atom is -0.481 e. The molecule has 0 bridgehead atoms. The van der Waals surface area contributed by atoms with Gasteiger partial charge >= 0.3 is 5.97 Å². The van der Waals surface area contributed by atoms with Crippen LogP contribution in [-0.2, 0) is 20.7 Å². The molecule has 1 N–H and O–H groups in total. The summed E-state index contributed by atoms with van der Waals surface area (Å²) >= 11 is 0. The SMILES string of the molecule is Cc1ccc2c(CC(=O)N3CCO[C@@H](CC(=O)O)C3)coc2c1. The van der Waals surface area contributed by atoms with Gasteiger partial charge in [-0.2, -0.15) is 0 Å². The predicted octanol–water partition coefficient (Wildman–Crippen LogP) is 1.99. The van der Waals surface area contributed by atoms with E-state index in [2.05, 4.69) is 0 Å². The zero-order valence-corrected chi connectivity index (χ0v) is 12.9. The highest BCUT2D eigenvalue weighted by molar-refractivity contribution is 5.88. The Balaban J connectivity index is 1.69. The molecular weight excluding hydrogens is 298 g/mol. The van der Waals surface area contributed by atoms with Crippen LogP contribution in [0.5, 0.6) is 0 Å². The zero-order valence-electron chi connectivity index (χ0n) is 12.9. The molecule has 0 radical (unpaired) electrons. The molecule has 1 fully saturated rings. The normalized spacial score (nSPS) is 18.3. The highest BCUT2D eigenvalue weighted by atomic mass is 16.5. The maximum absolute atomic E-state index is 12.5. The van der Waals surface area contributed by atoms with Gasteiger partial charge in [-0.25, -0.2) is 0 Å². The molecule has 1 amide bonds. The average Bonchev–Trinajstić information content (AvgIpc) is 2.89. The Morgan fingerprint density at radius 1 is 1.39 bits per heavy atom. The fourth-order valence-corrected chi connectivity index (χ4v) is 2.87. The number of aliphatic carboxylic acids is 1. The van der Waals surface area contributed by atoms with Crippen LogP contribution in [0.1, 0.15) is 17.5 Å². The second-order valence-electron chi connectivity index (χ2n) is 5.87. The summed E-state index contributed by atoms with van der Waals surface area (Å²) in [4.78, 5) is 24.9. The van der Waals surface area contributed by atoms with Crippen molar-refractivity contribution >= 4 is 22.8 Å². The minimum atomic E-state index is -0.916. The molecule has 122 valence electrons. The van der Waals surface area contributed by atoms with E-state index in [1.807, 2.05) is 25.1 Å². The molecule has 6 heteroatoms. The van der Waals surface area contributed by atoms with Gasteiger partial charge in [0.1, 0.15) is 5.58 Å². The zero-order chi connectivity index (χ0) is 16.4. The lowest BCUT2D eigenvalue weighted by atomic mass is 10.1. The van der Waals surface area contributed by atoms with Gasteiger partial charge in [0.2, 0.25) is 5.91 Å². The highest BCUT2D eigenvalue weighted by Crippen LogP contribution is 2.23. The summed E-state index contributed by atoms with van der Waals surface area (Å²) in [6.45, 7) is 3.17. The fourth-order valence-electron chi connectivity index (χ4n) is 2.87. The number of nitrogens with zero attached hydrogens (tertiary/aromatic N) is 1. The lowest BCUT2D eigenvalue weighted by Crippen LogP contribution is -2.46. The predicted molar refractivity (Wildman–Crippen MR) is 83.2 cm³/mol. The summed E-state index contributed by atoms with van der Waals surface area (Å²) in [5.41, 5.74) is 2.74. The summed E-state index contributed by atoms with van der Waals surface area (Å²) in [6.07, 6.45) is 1.35. The monoisotopic (exact) mass is 317 g/mol. The van der Waals surface area contributed by atoms with Crippen molar-refractivity contribution in [1.82, 2.24) is 4.90 Å². The number of carbonyl (C=O) groups is 2. The van der Waals surface area contributed by atoms with Crippen LogP contribution in [0.4, 0.5) is 0 Å². The Labute approximate surface area is 133 Å². The van der Waals surface area contributed by atoms with E-state index in [9.17, 15) is 9.59 Å². The van der Waals surface area contributed by atoms with Crippen LogP contribution in [0.25, 0.3) is 11.0 Å². The first-order chi connectivity index (χ1) is 11.0. The summed E-state index contributed by atoms with van der Waals surface area (Å²) in [6, 6.07) is 5.90. The Kier molecular flexibility index (Phi) is 4.34. The lowest BCUT2D eigenvalue weighted by Gasteiger charge is -2.32. The summed E-state index contributed by atoms with van der Waals surface area (Å²) in [5, 5.41) is 9.79. The third-order valence-corrected chi connectivity index (χ3v) is 4.05. The molecule has 0 saturated carbocycles. The van der Waals surface area contributed by atoms with Crippen molar-refractivity contribution in [3.05, 3.63) is 35.6 Å². The smallest absolute Gasteiger partial charge is 0.306 e. The highest BCUT2D eigenvalue weighted by Gasteiger charge is 2.26. The van der Waals surface area contributed by atoms with E-state index in [0.717, 1.165) is 22.1 Å². The van der Waals surface area contributed by atoms with E-state index < -0.39 is 12.1 Å². The van der Waals surface area contributed by atoms with E-state index in [1.165, 1.54) is 0 Å². The fraction of sp³-hybridized carbons (Fsp3) is 0.412. The van der Waals surface area contributed by atoms with Crippen molar-refractivity contribution in [3.63, 3.8) is 0 Å². The number of benzene rings is 1. The van der Waals surface area contributed by atoms with Gasteiger partial charge in [0.15, 0.2) is 0 Å². The minimum absolute atomic E-state index is 0.0352. The number of morpholine rings is 1. The summed E-state index contributed by atoms with van der Waals surface area (Å²) in [7, 11) is 0. The van der Waals surface area contributed by atoms with Gasteiger partial charge in [-0.05, 0) is 18.6 Å². The third-order valence-electron chi connectivity index (χ3n) is 4.05. The van der Waals surface area contributed by atoms with E-state index >= 15 is 0 Å². The van der Waals surface area contributed by atoms with Crippen molar-refractivity contribution in [2.75, 3.05) is 19.7 Å². The van der Waals surface area contributed by atoms with Crippen LogP contribution in [0.15, 0.2) is 28.9 Å². The Morgan fingerprint density at radius 2 is 2.22 bits per heavy atom. The topological polar surface area (TPSA) is 80.0 Å². The number of fused-ring (bicyclic) bond motifs is 1. The van der Waals surface area contributed by atoms with Gasteiger partial charge in [-0.15, -0.1) is 0 Å². The van der Waals surface area contributed by atoms with Gasteiger partial charge in [-0.3, -0.25) is 9.59 Å². The molecule has 2 heterocycles. The number of amides is 1. The van der Waals surface area contributed by atoms with Crippen molar-refractivity contribution in [3.8, 4) is 0 Å². The molecule has 0 unspecified atom stereocenters. The molecule has 23 heavy (non-hydrogen) atoms. The van der Waals surface area contributed by atoms with Crippen molar-refractivity contribution in [1.29, 1.82) is 0 Å². The number of carbonyl (C=O) groups excluding carboxylic acids is 1. The molecule has 1 saturated heterocycles. The standard InChI is InChI=1S/C17H19NO5/c1-11-2-3-14-12(10-23-15(14)6-11)7-16(19)18-4-5-22-13(9-18)8-17(20)21/h2-3,6,10,13H,4-5,7-9H2,1H3,(H,20,21)/t13-/m0/s1. The maximum Gasteiger partial charge on any atom is 0.306 e. The van der Waals surface area contributed by atoms with E-state index in [-0.39, 0.29) is 18.7 Å². The van der Waals surface area contributed by atoms with E-state index in [1.54, 1.807) is 11.2 Å². The number of hydrogen-bond acceptors (Lipinski definition) is 4. The second-order valence-corrected chi connectivity index (χ2v) is 5.87. The molecular formula is C17H19NO5. The van der Waals surface area contributed by atoms with Crippen molar-refractivity contribution in [2.24, 2.45) is 0 Å². The summed E-state index contributed by atoms with van der Waals surface area (Å²) < 4.78 is 10.9. The largest absolute Gasteiger partial charge is 0.481 e. The number of aryl methyl sites for hydroxylation is 1. The molecule has 2 aromatic rings. The second kappa shape index (κ2) is 6.42. The average molecular weight is 317 g/mol. The molecule has 1 atom stereocenters. The number of furan rings is 1. The van der Waals surface area contributed by atoms with Gasteiger partial charge in [0, 0.05) is 24.0 Å². The molecule has 0 spiro atoms. The van der Waals surface area contributed by atoms with Crippen molar-refractivity contribution < 1.29 is 23.8 Å². The van der Waals surface area contributed by atoms with Gasteiger partial charge < -0.3 is 19.2 Å². The third kappa shape index (κ3) is 3.53. The molecule has 1 aliphatic rings. The van der Waals surface area contributed by atoms with E-state index in [0.29, 0.717) is 19.7 Å². The molecule has 6 nitrogen and oxygen atoms in total. The number of carboxylic acids is 1. The Hall–Kier alpha value is -2.34. The number of carboxylic acid groups (broad SMARTS) is 1. The molecule has 1 aromatic carbocycles. The van der Waals surface area contributed by atoms with Crippen molar-refractivity contribution in [2.45, 2.75) is 25.9 Å². The Bertz CT molecular complexity index is 736. The van der Waals surface area contributed by atoms with Crippen LogP contribution < -0.4 is 0 Å². The van der Waals surface area contributed by atoms with Gasteiger partial charge in [-0.1, -0.05) is 12.1 Å². The molecule has 3 rings (SSSR count). The first kappa shape index (κ1) is 15.6. The number of ether oxygens (including phenoxy) is 1. The maximum atomic E-state index is 12.5. The molecule has 1 aliphatic heterocycles. The molecule has 1 aromatic heterocycles. The number of hydrogen-bond donors (Lipinski definition) is 1. The van der Waals surface area contributed by atoms with Crippen LogP contribution in [-0.4, -0.2) is 47.7 Å². The van der Waals surface area contributed by atoms with E-state index in [4.69, 9.17) is 14.3 Å². The van der Waals surface area contributed by atoms with Crippen LogP contribution >= 0.6 is 0 Å². The van der Waals surface area contributed by atoms with Gasteiger partial charge in [0.25, 0.3) is 0 Å².